The van der Waals surface area contributed by atoms with Gasteiger partial charge in [0.2, 0.25) is 0 Å². The molecule has 7 heteroatoms. The summed E-state index contributed by atoms with van der Waals surface area (Å²) in [5, 5.41) is 0.911. The Labute approximate surface area is 138 Å². The summed E-state index contributed by atoms with van der Waals surface area (Å²) in [6.45, 7) is 0.443. The average molecular weight is 353 g/mol. The molecule has 1 aromatic heterocycles. The molecule has 0 bridgehead atoms. The fraction of sp³-hybridized carbons (Fsp3) is 0.312. The van der Waals surface area contributed by atoms with Gasteiger partial charge in [-0.05, 0) is 23.9 Å². The third-order valence-corrected chi connectivity index (χ3v) is 6.98. The molecule has 0 saturated carbocycles. The van der Waals surface area contributed by atoms with E-state index in [1.165, 1.54) is 29.5 Å². The molecule has 4 nitrogen and oxygen atoms in total. The summed E-state index contributed by atoms with van der Waals surface area (Å²) in [4.78, 5) is 14.5. The normalized spacial score (nSPS) is 20.9. The summed E-state index contributed by atoms with van der Waals surface area (Å²) in [5.74, 6) is -0.827. The summed E-state index contributed by atoms with van der Waals surface area (Å²) in [6, 6.07) is 9.45. The number of hydrogen-bond donors (Lipinski definition) is 0. The van der Waals surface area contributed by atoms with Crippen LogP contribution in [0.5, 0.6) is 0 Å². The lowest BCUT2D eigenvalue weighted by atomic mass is 10.1. The van der Waals surface area contributed by atoms with Crippen molar-refractivity contribution in [1.29, 1.82) is 0 Å². The number of carbonyl (C=O) groups excluding carboxylic acids is 1. The predicted molar refractivity (Wildman–Crippen MR) is 87.8 cm³/mol. The van der Waals surface area contributed by atoms with Crippen LogP contribution in [-0.4, -0.2) is 38.1 Å². The molecule has 1 unspecified atom stereocenters. The van der Waals surface area contributed by atoms with E-state index in [4.69, 9.17) is 0 Å². The highest BCUT2D eigenvalue weighted by atomic mass is 32.2. The molecule has 0 spiro atoms. The van der Waals surface area contributed by atoms with Gasteiger partial charge in [0.1, 0.15) is 5.82 Å². The van der Waals surface area contributed by atoms with Crippen LogP contribution in [0.25, 0.3) is 0 Å². The average Bonchev–Trinajstić information content (AvgIpc) is 3.00. The molecule has 1 amide bonds. The first-order chi connectivity index (χ1) is 11.0. The van der Waals surface area contributed by atoms with Crippen LogP contribution >= 0.6 is 11.3 Å². The molecular weight excluding hydrogens is 337 g/mol. The maximum atomic E-state index is 14.0. The quantitative estimate of drug-likeness (QED) is 0.834. The minimum absolute atomic E-state index is 0.143. The third kappa shape index (κ3) is 3.30. The van der Waals surface area contributed by atoms with Gasteiger partial charge in [-0.2, -0.15) is 0 Å². The van der Waals surface area contributed by atoms with Crippen LogP contribution in [-0.2, 0) is 9.84 Å². The number of nitrogens with zero attached hydrogens (tertiary/aromatic N) is 1. The molecule has 1 atom stereocenters. The molecule has 2 aromatic rings. The maximum absolute atomic E-state index is 14.0. The standard InChI is InChI=1S/C16H16FNO3S2/c17-13-5-2-1-4-12(13)15-7-8-18(9-11-23(15,20)21)16(19)14-6-3-10-22-14/h1-6,10,15H,7-9,11H2. The maximum Gasteiger partial charge on any atom is 0.263 e. The van der Waals surface area contributed by atoms with Crippen molar-refractivity contribution in [2.75, 3.05) is 18.8 Å². The molecule has 1 aromatic carbocycles. The summed E-state index contributed by atoms with van der Waals surface area (Å²) in [6.07, 6.45) is 0.209. The molecule has 122 valence electrons. The first kappa shape index (κ1) is 16.1. The highest BCUT2D eigenvalue weighted by Crippen LogP contribution is 2.31. The first-order valence-electron chi connectivity index (χ1n) is 7.28. The predicted octanol–water partition coefficient (Wildman–Crippen LogP) is 2.89. The van der Waals surface area contributed by atoms with E-state index in [9.17, 15) is 17.6 Å². The van der Waals surface area contributed by atoms with Crippen molar-refractivity contribution in [3.63, 3.8) is 0 Å². The van der Waals surface area contributed by atoms with Crippen LogP contribution in [0.15, 0.2) is 41.8 Å². The molecule has 23 heavy (non-hydrogen) atoms. The zero-order chi connectivity index (χ0) is 16.4. The van der Waals surface area contributed by atoms with Gasteiger partial charge in [0.05, 0.1) is 15.9 Å². The number of amides is 1. The number of halogens is 1. The van der Waals surface area contributed by atoms with E-state index in [-0.39, 0.29) is 30.2 Å². The minimum Gasteiger partial charge on any atom is -0.337 e. The largest absolute Gasteiger partial charge is 0.337 e. The van der Waals surface area contributed by atoms with Gasteiger partial charge in [0.15, 0.2) is 9.84 Å². The van der Waals surface area contributed by atoms with Gasteiger partial charge in [-0.3, -0.25) is 4.79 Å². The lowest BCUT2D eigenvalue weighted by molar-refractivity contribution is 0.0771. The van der Waals surface area contributed by atoms with Gasteiger partial charge in [-0.25, -0.2) is 12.8 Å². The van der Waals surface area contributed by atoms with E-state index in [0.29, 0.717) is 11.4 Å². The van der Waals surface area contributed by atoms with Gasteiger partial charge in [0.25, 0.3) is 5.91 Å². The fourth-order valence-electron chi connectivity index (χ4n) is 2.79. The van der Waals surface area contributed by atoms with Crippen molar-refractivity contribution in [2.24, 2.45) is 0 Å². The topological polar surface area (TPSA) is 54.5 Å². The number of rotatable bonds is 2. The van der Waals surface area contributed by atoms with Gasteiger partial charge in [-0.1, -0.05) is 24.3 Å². The fourth-order valence-corrected chi connectivity index (χ4v) is 5.28. The van der Waals surface area contributed by atoms with Crippen molar-refractivity contribution in [1.82, 2.24) is 4.90 Å². The molecule has 0 aliphatic carbocycles. The van der Waals surface area contributed by atoms with Crippen LogP contribution < -0.4 is 0 Å². The summed E-state index contributed by atoms with van der Waals surface area (Å²) in [7, 11) is -3.50. The Morgan fingerprint density at radius 2 is 1.96 bits per heavy atom. The minimum atomic E-state index is -3.50. The second-order valence-corrected chi connectivity index (χ2v) is 8.69. The Balaban J connectivity index is 1.86. The van der Waals surface area contributed by atoms with Crippen LogP contribution in [0.3, 0.4) is 0 Å². The van der Waals surface area contributed by atoms with E-state index in [1.54, 1.807) is 23.1 Å². The van der Waals surface area contributed by atoms with E-state index in [0.717, 1.165) is 0 Å². The van der Waals surface area contributed by atoms with Crippen molar-refractivity contribution in [3.05, 3.63) is 58.0 Å². The Bertz CT molecular complexity index is 802. The molecular formula is C16H16FNO3S2. The summed E-state index contributed by atoms with van der Waals surface area (Å²) < 4.78 is 39.0. The van der Waals surface area contributed by atoms with Gasteiger partial charge >= 0.3 is 0 Å². The van der Waals surface area contributed by atoms with Crippen LogP contribution in [0.1, 0.15) is 26.9 Å². The number of hydrogen-bond acceptors (Lipinski definition) is 4. The summed E-state index contributed by atoms with van der Waals surface area (Å²) in [5.41, 5.74) is 0.193. The molecule has 1 aliphatic rings. The molecule has 3 rings (SSSR count). The smallest absolute Gasteiger partial charge is 0.263 e. The Kier molecular flexibility index (Phi) is 4.50. The molecule has 0 N–H and O–H groups in total. The monoisotopic (exact) mass is 353 g/mol. The zero-order valence-electron chi connectivity index (χ0n) is 12.3. The van der Waals surface area contributed by atoms with Gasteiger partial charge < -0.3 is 4.90 Å². The highest BCUT2D eigenvalue weighted by Gasteiger charge is 2.34. The lowest BCUT2D eigenvalue weighted by Gasteiger charge is -2.19. The second-order valence-electron chi connectivity index (χ2n) is 5.44. The molecule has 2 heterocycles. The zero-order valence-corrected chi connectivity index (χ0v) is 13.9. The SMILES string of the molecule is O=C(c1cccs1)N1CCC(c2ccccc2F)S(=O)(=O)CC1. The Hall–Kier alpha value is -1.73. The van der Waals surface area contributed by atoms with Crippen LogP contribution in [0.4, 0.5) is 4.39 Å². The third-order valence-electron chi connectivity index (χ3n) is 4.01. The van der Waals surface area contributed by atoms with E-state index >= 15 is 0 Å². The number of sulfone groups is 1. The summed E-state index contributed by atoms with van der Waals surface area (Å²) >= 11 is 1.33. The molecule has 1 fully saturated rings. The van der Waals surface area contributed by atoms with Crippen molar-refractivity contribution in [2.45, 2.75) is 11.7 Å². The molecule has 1 saturated heterocycles. The van der Waals surface area contributed by atoms with Gasteiger partial charge in [-0.15, -0.1) is 11.3 Å². The number of carbonyl (C=O) groups is 1. The highest BCUT2D eigenvalue weighted by molar-refractivity contribution is 7.91. The molecule has 0 radical (unpaired) electrons. The van der Waals surface area contributed by atoms with Crippen molar-refractivity contribution in [3.8, 4) is 0 Å². The second kappa shape index (κ2) is 6.41. The Morgan fingerprint density at radius 1 is 1.17 bits per heavy atom. The first-order valence-corrected chi connectivity index (χ1v) is 9.87. The van der Waals surface area contributed by atoms with Crippen molar-refractivity contribution < 1.29 is 17.6 Å². The lowest BCUT2D eigenvalue weighted by Crippen LogP contribution is -2.33. The van der Waals surface area contributed by atoms with Crippen LogP contribution in [0, 0.1) is 5.82 Å². The van der Waals surface area contributed by atoms with Crippen molar-refractivity contribution >= 4 is 27.1 Å². The number of benzene rings is 1. The molecule has 1 aliphatic heterocycles. The van der Waals surface area contributed by atoms with Crippen LogP contribution in [0.2, 0.25) is 0 Å². The van der Waals surface area contributed by atoms with E-state index < -0.39 is 20.9 Å². The van der Waals surface area contributed by atoms with Gasteiger partial charge in [0, 0.05) is 18.7 Å². The van der Waals surface area contributed by atoms with E-state index in [1.807, 2.05) is 5.38 Å². The Morgan fingerprint density at radius 3 is 2.65 bits per heavy atom. The van der Waals surface area contributed by atoms with E-state index in [2.05, 4.69) is 0 Å². The number of thiophene rings is 1.